The molecule has 0 radical (unpaired) electrons. The van der Waals surface area contributed by atoms with Crippen LogP contribution < -0.4 is 5.09 Å². The first kappa shape index (κ1) is 12.8. The van der Waals surface area contributed by atoms with Gasteiger partial charge in [-0.05, 0) is 35.1 Å². The SMILES string of the molecule is C=CC(C)NP(=O)(N(C)C)N(C)C. The second-order valence-corrected chi connectivity index (χ2v) is 6.34. The van der Waals surface area contributed by atoms with Crippen LogP contribution in [-0.4, -0.2) is 43.6 Å². The maximum absolute atomic E-state index is 12.3. The van der Waals surface area contributed by atoms with Crippen LogP contribution in [0.25, 0.3) is 0 Å². The molecular weight excluding hydrogens is 185 g/mol. The molecule has 0 saturated carbocycles. The molecule has 0 aliphatic heterocycles. The molecule has 0 fully saturated rings. The summed E-state index contributed by atoms with van der Waals surface area (Å²) in [6.07, 6.45) is 1.74. The van der Waals surface area contributed by atoms with Crippen LogP contribution in [0.3, 0.4) is 0 Å². The van der Waals surface area contributed by atoms with Gasteiger partial charge in [0.25, 0.3) is 7.59 Å². The second-order valence-electron chi connectivity index (χ2n) is 3.39. The van der Waals surface area contributed by atoms with Gasteiger partial charge in [-0.1, -0.05) is 6.08 Å². The summed E-state index contributed by atoms with van der Waals surface area (Å²) in [5.74, 6) is 0. The smallest absolute Gasteiger partial charge is 0.271 e. The highest BCUT2D eigenvalue weighted by Crippen LogP contribution is 2.45. The molecule has 0 bridgehead atoms. The Morgan fingerprint density at radius 3 is 1.92 bits per heavy atom. The fourth-order valence-corrected chi connectivity index (χ4v) is 2.72. The van der Waals surface area contributed by atoms with Crippen molar-refractivity contribution in [3.05, 3.63) is 12.7 Å². The normalized spacial score (nSPS) is 15.0. The van der Waals surface area contributed by atoms with Crippen LogP contribution in [0.4, 0.5) is 0 Å². The maximum Gasteiger partial charge on any atom is 0.283 e. The van der Waals surface area contributed by atoms with E-state index in [1.165, 1.54) is 0 Å². The molecule has 1 atom stereocenters. The quantitative estimate of drug-likeness (QED) is 0.543. The number of hydrogen-bond acceptors (Lipinski definition) is 1. The fourth-order valence-electron chi connectivity index (χ4n) is 0.907. The van der Waals surface area contributed by atoms with Crippen LogP contribution in [0.15, 0.2) is 12.7 Å². The Morgan fingerprint density at radius 2 is 1.69 bits per heavy atom. The van der Waals surface area contributed by atoms with Gasteiger partial charge in [-0.3, -0.25) is 4.57 Å². The van der Waals surface area contributed by atoms with Crippen LogP contribution >= 0.6 is 7.59 Å². The van der Waals surface area contributed by atoms with E-state index in [0.29, 0.717) is 0 Å². The number of rotatable bonds is 5. The van der Waals surface area contributed by atoms with E-state index in [2.05, 4.69) is 11.7 Å². The highest BCUT2D eigenvalue weighted by molar-refractivity contribution is 7.56. The van der Waals surface area contributed by atoms with E-state index in [1.54, 1.807) is 43.6 Å². The molecule has 0 aliphatic carbocycles. The Kier molecular flexibility index (Phi) is 4.86. The van der Waals surface area contributed by atoms with Crippen molar-refractivity contribution < 1.29 is 4.57 Å². The van der Waals surface area contributed by atoms with Gasteiger partial charge < -0.3 is 0 Å². The molecule has 4 nitrogen and oxygen atoms in total. The molecule has 0 rings (SSSR count). The Morgan fingerprint density at radius 1 is 1.31 bits per heavy atom. The third kappa shape index (κ3) is 3.24. The van der Waals surface area contributed by atoms with Crippen molar-refractivity contribution in [3.8, 4) is 0 Å². The lowest BCUT2D eigenvalue weighted by Gasteiger charge is -2.32. The Labute approximate surface area is 81.1 Å². The van der Waals surface area contributed by atoms with Gasteiger partial charge in [0.05, 0.1) is 0 Å². The molecule has 1 N–H and O–H groups in total. The van der Waals surface area contributed by atoms with Gasteiger partial charge in [-0.2, -0.15) is 0 Å². The van der Waals surface area contributed by atoms with Gasteiger partial charge in [-0.25, -0.2) is 14.4 Å². The van der Waals surface area contributed by atoms with E-state index in [9.17, 15) is 4.57 Å². The molecule has 0 heterocycles. The second kappa shape index (κ2) is 4.91. The predicted molar refractivity (Wildman–Crippen MR) is 57.8 cm³/mol. The molecule has 0 amide bonds. The first-order valence-corrected chi connectivity index (χ1v) is 5.82. The zero-order chi connectivity index (χ0) is 10.6. The molecule has 0 aromatic carbocycles. The van der Waals surface area contributed by atoms with E-state index in [0.717, 1.165) is 0 Å². The van der Waals surface area contributed by atoms with Crippen molar-refractivity contribution in [1.29, 1.82) is 0 Å². The highest BCUT2D eigenvalue weighted by Gasteiger charge is 2.28. The van der Waals surface area contributed by atoms with Crippen molar-refractivity contribution in [3.63, 3.8) is 0 Å². The Balaban J connectivity index is 4.62. The molecule has 0 aromatic heterocycles. The van der Waals surface area contributed by atoms with Gasteiger partial charge in [0.15, 0.2) is 0 Å². The third-order valence-electron chi connectivity index (χ3n) is 1.81. The summed E-state index contributed by atoms with van der Waals surface area (Å²) in [6, 6.07) is 0.0376. The van der Waals surface area contributed by atoms with Crippen LogP contribution in [0.2, 0.25) is 0 Å². The van der Waals surface area contributed by atoms with Gasteiger partial charge >= 0.3 is 0 Å². The topological polar surface area (TPSA) is 35.6 Å². The molecule has 13 heavy (non-hydrogen) atoms. The average molecular weight is 205 g/mol. The van der Waals surface area contributed by atoms with Gasteiger partial charge in [0, 0.05) is 6.04 Å². The molecule has 0 aliphatic rings. The average Bonchev–Trinajstić information content (AvgIpc) is 2.03. The third-order valence-corrected chi connectivity index (χ3v) is 4.72. The van der Waals surface area contributed by atoms with E-state index >= 15 is 0 Å². The standard InChI is InChI=1S/C8H20N3OP/c1-7-8(2)9-13(12,10(3)4)11(5)6/h7-8H,1H2,2-6H3,(H,9,12). The van der Waals surface area contributed by atoms with Crippen LogP contribution in [-0.2, 0) is 4.57 Å². The summed E-state index contributed by atoms with van der Waals surface area (Å²) in [4.78, 5) is 0. The van der Waals surface area contributed by atoms with Gasteiger partial charge in [0.1, 0.15) is 0 Å². The summed E-state index contributed by atoms with van der Waals surface area (Å²) in [5.41, 5.74) is 0. The van der Waals surface area contributed by atoms with E-state index in [4.69, 9.17) is 0 Å². The Bertz CT molecular complexity index is 203. The van der Waals surface area contributed by atoms with Crippen LogP contribution in [0, 0.1) is 0 Å². The minimum Gasteiger partial charge on any atom is -0.271 e. The minimum absolute atomic E-state index is 0.0376. The summed E-state index contributed by atoms with van der Waals surface area (Å²) >= 11 is 0. The fraction of sp³-hybridized carbons (Fsp3) is 0.750. The molecule has 1 unspecified atom stereocenters. The lowest BCUT2D eigenvalue weighted by molar-refractivity contribution is 0.428. The molecule has 5 heteroatoms. The van der Waals surface area contributed by atoms with Gasteiger partial charge in [0.2, 0.25) is 0 Å². The van der Waals surface area contributed by atoms with Gasteiger partial charge in [-0.15, -0.1) is 6.58 Å². The van der Waals surface area contributed by atoms with Crippen molar-refractivity contribution >= 4 is 7.59 Å². The largest absolute Gasteiger partial charge is 0.283 e. The first-order valence-electron chi connectivity index (χ1n) is 4.20. The lowest BCUT2D eigenvalue weighted by Crippen LogP contribution is -2.34. The molecular formula is C8H20N3OP. The molecule has 0 aromatic rings. The summed E-state index contributed by atoms with van der Waals surface area (Å²) in [7, 11) is 4.59. The van der Waals surface area contributed by atoms with Crippen molar-refractivity contribution in [1.82, 2.24) is 14.4 Å². The van der Waals surface area contributed by atoms with E-state index in [1.807, 2.05) is 6.92 Å². The minimum atomic E-state index is -2.59. The highest BCUT2D eigenvalue weighted by atomic mass is 31.2. The number of nitrogens with zero attached hydrogens (tertiary/aromatic N) is 2. The Hall–Kier alpha value is -0.150. The zero-order valence-corrected chi connectivity index (χ0v) is 10.0. The molecule has 78 valence electrons. The monoisotopic (exact) mass is 205 g/mol. The van der Waals surface area contributed by atoms with Crippen molar-refractivity contribution in [2.75, 3.05) is 28.2 Å². The van der Waals surface area contributed by atoms with Crippen LogP contribution in [0.5, 0.6) is 0 Å². The maximum atomic E-state index is 12.3. The zero-order valence-electron chi connectivity index (χ0n) is 9.11. The van der Waals surface area contributed by atoms with Crippen LogP contribution in [0.1, 0.15) is 6.92 Å². The predicted octanol–water partition coefficient (Wildman–Crippen LogP) is 1.38. The summed E-state index contributed by atoms with van der Waals surface area (Å²) < 4.78 is 15.7. The van der Waals surface area contributed by atoms with E-state index < -0.39 is 7.59 Å². The van der Waals surface area contributed by atoms with E-state index in [-0.39, 0.29) is 6.04 Å². The summed E-state index contributed by atoms with van der Waals surface area (Å²) in [6.45, 7) is 5.57. The molecule has 0 saturated heterocycles. The lowest BCUT2D eigenvalue weighted by atomic mass is 10.4. The van der Waals surface area contributed by atoms with Crippen molar-refractivity contribution in [2.45, 2.75) is 13.0 Å². The van der Waals surface area contributed by atoms with Crippen molar-refractivity contribution in [2.24, 2.45) is 0 Å². The first-order chi connectivity index (χ1) is 5.84. The number of nitrogens with one attached hydrogen (secondary N) is 1. The number of hydrogen-bond donors (Lipinski definition) is 1. The summed E-state index contributed by atoms with van der Waals surface area (Å²) in [5, 5.41) is 3.03. The molecule has 0 spiro atoms.